The predicted molar refractivity (Wildman–Crippen MR) is 148 cm³/mol. The largest absolute Gasteiger partial charge is 0.490 e. The molecule has 0 aliphatic heterocycles. The molecule has 2 aromatic carbocycles. The van der Waals surface area contributed by atoms with E-state index in [9.17, 15) is 14.4 Å². The summed E-state index contributed by atoms with van der Waals surface area (Å²) in [6.07, 6.45) is 0. The van der Waals surface area contributed by atoms with Crippen LogP contribution >= 0.6 is 23.1 Å². The number of aromatic nitrogens is 2. The highest BCUT2D eigenvalue weighted by Crippen LogP contribution is 2.39. The van der Waals surface area contributed by atoms with Crippen molar-refractivity contribution in [3.8, 4) is 17.2 Å². The van der Waals surface area contributed by atoms with Crippen molar-refractivity contribution in [2.75, 3.05) is 41.5 Å². The minimum absolute atomic E-state index is 0.102. The lowest BCUT2D eigenvalue weighted by atomic mass is 10.1. The Bertz CT molecular complexity index is 1240. The first-order valence-electron chi connectivity index (χ1n) is 11.8. The lowest BCUT2D eigenvalue weighted by Gasteiger charge is -2.16. The molecule has 3 aromatic rings. The van der Waals surface area contributed by atoms with Gasteiger partial charge in [0, 0.05) is 23.9 Å². The summed E-state index contributed by atoms with van der Waals surface area (Å²) in [5.41, 5.74) is 1.55. The zero-order valence-corrected chi connectivity index (χ0v) is 23.1. The second-order valence-electron chi connectivity index (χ2n) is 7.52. The lowest BCUT2D eigenvalue weighted by Crippen LogP contribution is -2.14. The van der Waals surface area contributed by atoms with E-state index < -0.39 is 5.91 Å². The third-order valence-electron chi connectivity index (χ3n) is 4.61. The molecular weight excluding hydrogens is 530 g/mol. The minimum atomic E-state index is -0.414. The third kappa shape index (κ3) is 8.35. The zero-order valence-electron chi connectivity index (χ0n) is 21.5. The standard InChI is InChI=1S/C25H29N5O6S2/c1-5-34-19-12-16(13-20(35-6-2)22(19)36-7-3)23(33)28-24-29-30-25(38-24)37-14-21(32)27-18-10-8-17(9-11-18)26-15(4)31/h8-13H,5-7,14H2,1-4H3,(H,26,31)(H,27,32)(H,28,29,33). The van der Waals surface area contributed by atoms with E-state index in [1.165, 1.54) is 18.7 Å². The van der Waals surface area contributed by atoms with Gasteiger partial charge in [0.2, 0.25) is 22.7 Å². The number of anilines is 3. The molecule has 0 radical (unpaired) electrons. The Balaban J connectivity index is 1.59. The quantitative estimate of drug-likeness (QED) is 0.201. The van der Waals surface area contributed by atoms with E-state index in [0.717, 1.165) is 11.3 Å². The smallest absolute Gasteiger partial charge is 0.257 e. The number of carbonyl (C=O) groups is 3. The van der Waals surface area contributed by atoms with Gasteiger partial charge in [-0.25, -0.2) is 0 Å². The van der Waals surface area contributed by atoms with E-state index >= 15 is 0 Å². The summed E-state index contributed by atoms with van der Waals surface area (Å²) in [6.45, 7) is 8.16. The molecule has 3 rings (SSSR count). The molecule has 11 nitrogen and oxygen atoms in total. The molecule has 0 fully saturated rings. The van der Waals surface area contributed by atoms with Gasteiger partial charge in [-0.05, 0) is 57.2 Å². The van der Waals surface area contributed by atoms with Crippen molar-refractivity contribution in [2.24, 2.45) is 0 Å². The predicted octanol–water partition coefficient (Wildman–Crippen LogP) is 4.68. The molecule has 0 bridgehead atoms. The van der Waals surface area contributed by atoms with Crippen molar-refractivity contribution < 1.29 is 28.6 Å². The number of hydrogen-bond donors (Lipinski definition) is 3. The minimum Gasteiger partial charge on any atom is -0.490 e. The Kier molecular flexibility index (Phi) is 10.7. The van der Waals surface area contributed by atoms with Gasteiger partial charge in [0.25, 0.3) is 5.91 Å². The van der Waals surface area contributed by atoms with Crippen molar-refractivity contribution in [2.45, 2.75) is 32.0 Å². The number of ether oxygens (including phenoxy) is 3. The van der Waals surface area contributed by atoms with Crippen molar-refractivity contribution in [1.29, 1.82) is 0 Å². The van der Waals surface area contributed by atoms with Crippen molar-refractivity contribution >= 4 is 57.3 Å². The van der Waals surface area contributed by atoms with Crippen LogP contribution in [0.1, 0.15) is 38.1 Å². The number of amides is 3. The van der Waals surface area contributed by atoms with Crippen molar-refractivity contribution in [1.82, 2.24) is 10.2 Å². The van der Waals surface area contributed by atoms with E-state index in [4.69, 9.17) is 14.2 Å². The maximum atomic E-state index is 12.9. The average Bonchev–Trinajstić information content (AvgIpc) is 3.33. The first-order valence-corrected chi connectivity index (χ1v) is 13.6. The van der Waals surface area contributed by atoms with Gasteiger partial charge in [0.15, 0.2) is 15.8 Å². The number of hydrogen-bond acceptors (Lipinski definition) is 10. The second-order valence-corrected chi connectivity index (χ2v) is 9.72. The molecular formula is C25H29N5O6S2. The summed E-state index contributed by atoms with van der Waals surface area (Å²) in [5, 5.41) is 16.5. The topological polar surface area (TPSA) is 141 Å². The molecule has 1 aromatic heterocycles. The fraction of sp³-hybridized carbons (Fsp3) is 0.320. The third-order valence-corrected chi connectivity index (χ3v) is 6.59. The van der Waals surface area contributed by atoms with Crippen LogP contribution in [0, 0.1) is 0 Å². The first kappa shape index (κ1) is 28.7. The fourth-order valence-electron chi connectivity index (χ4n) is 3.17. The molecule has 3 N–H and O–H groups in total. The Morgan fingerprint density at radius 2 is 1.42 bits per heavy atom. The number of benzene rings is 2. The van der Waals surface area contributed by atoms with Gasteiger partial charge in [-0.3, -0.25) is 19.7 Å². The molecule has 0 atom stereocenters. The number of rotatable bonds is 13. The molecule has 0 spiro atoms. The Labute approximate surface area is 228 Å². The second kappa shape index (κ2) is 14.2. The van der Waals surface area contributed by atoms with E-state index in [1.807, 2.05) is 20.8 Å². The maximum Gasteiger partial charge on any atom is 0.257 e. The molecule has 0 unspecified atom stereocenters. The molecule has 0 saturated heterocycles. The molecule has 0 aliphatic rings. The van der Waals surface area contributed by atoms with Gasteiger partial charge in [-0.2, -0.15) is 0 Å². The van der Waals surface area contributed by atoms with E-state index in [-0.39, 0.29) is 22.7 Å². The van der Waals surface area contributed by atoms with E-state index in [2.05, 4.69) is 26.1 Å². The Morgan fingerprint density at radius 3 is 1.97 bits per heavy atom. The number of carbonyl (C=O) groups excluding carboxylic acids is 3. The molecule has 202 valence electrons. The highest BCUT2D eigenvalue weighted by molar-refractivity contribution is 8.01. The molecule has 38 heavy (non-hydrogen) atoms. The SMILES string of the molecule is CCOc1cc(C(=O)Nc2nnc(SCC(=O)Nc3ccc(NC(C)=O)cc3)s2)cc(OCC)c1OCC. The van der Waals surface area contributed by atoms with E-state index in [0.29, 0.717) is 58.3 Å². The number of thioether (sulfide) groups is 1. The van der Waals surface area contributed by atoms with Crippen LogP contribution in [-0.2, 0) is 9.59 Å². The Hall–Kier alpha value is -3.84. The summed E-state index contributed by atoms with van der Waals surface area (Å²) < 4.78 is 17.5. The fourth-order valence-corrected chi connectivity index (χ4v) is 4.72. The molecule has 13 heteroatoms. The van der Waals surface area contributed by atoms with Crippen molar-refractivity contribution in [3.63, 3.8) is 0 Å². The monoisotopic (exact) mass is 559 g/mol. The van der Waals surface area contributed by atoms with Crippen LogP contribution in [0.2, 0.25) is 0 Å². The van der Waals surface area contributed by atoms with Gasteiger partial charge in [0.1, 0.15) is 0 Å². The highest BCUT2D eigenvalue weighted by atomic mass is 32.2. The molecule has 1 heterocycles. The van der Waals surface area contributed by atoms with Crippen LogP contribution in [0.15, 0.2) is 40.7 Å². The average molecular weight is 560 g/mol. The van der Waals surface area contributed by atoms with Gasteiger partial charge in [-0.1, -0.05) is 23.1 Å². The van der Waals surface area contributed by atoms with Crippen LogP contribution in [0.4, 0.5) is 16.5 Å². The summed E-state index contributed by atoms with van der Waals surface area (Å²) in [6, 6.07) is 9.97. The molecule has 0 saturated carbocycles. The van der Waals surface area contributed by atoms with Crippen LogP contribution in [0.25, 0.3) is 0 Å². The summed E-state index contributed by atoms with van der Waals surface area (Å²) in [5.74, 6) is 0.557. The van der Waals surface area contributed by atoms with Crippen LogP contribution in [0.5, 0.6) is 17.2 Å². The summed E-state index contributed by atoms with van der Waals surface area (Å²) in [4.78, 5) is 36.4. The number of nitrogens with zero attached hydrogens (tertiary/aromatic N) is 2. The van der Waals surface area contributed by atoms with Crippen LogP contribution in [0.3, 0.4) is 0 Å². The Morgan fingerprint density at radius 1 is 0.842 bits per heavy atom. The lowest BCUT2D eigenvalue weighted by molar-refractivity contribution is -0.114. The van der Waals surface area contributed by atoms with Gasteiger partial charge < -0.3 is 24.8 Å². The van der Waals surface area contributed by atoms with E-state index in [1.54, 1.807) is 36.4 Å². The maximum absolute atomic E-state index is 12.9. The van der Waals surface area contributed by atoms with Gasteiger partial charge in [0.05, 0.1) is 25.6 Å². The summed E-state index contributed by atoms with van der Waals surface area (Å²) in [7, 11) is 0. The normalized spacial score (nSPS) is 10.4. The first-order chi connectivity index (χ1) is 18.3. The van der Waals surface area contributed by atoms with Crippen molar-refractivity contribution in [3.05, 3.63) is 42.0 Å². The summed E-state index contributed by atoms with van der Waals surface area (Å²) >= 11 is 2.35. The van der Waals surface area contributed by atoms with Crippen LogP contribution in [-0.4, -0.2) is 53.5 Å². The molecule has 3 amide bonds. The molecule has 0 aliphatic carbocycles. The highest BCUT2D eigenvalue weighted by Gasteiger charge is 2.19. The zero-order chi connectivity index (χ0) is 27.5. The van der Waals surface area contributed by atoms with Gasteiger partial charge in [-0.15, -0.1) is 10.2 Å². The number of nitrogens with one attached hydrogen (secondary N) is 3. The van der Waals surface area contributed by atoms with Gasteiger partial charge >= 0.3 is 0 Å². The van der Waals surface area contributed by atoms with Crippen LogP contribution < -0.4 is 30.2 Å².